The highest BCUT2D eigenvalue weighted by Gasteiger charge is 2.25. The quantitative estimate of drug-likeness (QED) is 0.312. The van der Waals surface area contributed by atoms with Crippen molar-refractivity contribution in [2.75, 3.05) is 18.4 Å². The number of carbonyl (C=O) groups is 3. The number of rotatable bonds is 9. The normalized spacial score (nSPS) is 16.3. The number of hydrogen-bond donors (Lipinski definition) is 4. The van der Waals surface area contributed by atoms with Crippen molar-refractivity contribution in [1.29, 1.82) is 0 Å². The van der Waals surface area contributed by atoms with E-state index < -0.39 is 17.9 Å². The Morgan fingerprint density at radius 1 is 1.22 bits per heavy atom. The van der Waals surface area contributed by atoms with Crippen LogP contribution in [0, 0.1) is 5.92 Å². The number of anilines is 1. The van der Waals surface area contributed by atoms with Crippen LogP contribution in [0.15, 0.2) is 54.9 Å². The largest absolute Gasteiger partial charge is 0.478 e. The van der Waals surface area contributed by atoms with Crippen LogP contribution in [-0.4, -0.2) is 62.2 Å². The van der Waals surface area contributed by atoms with Gasteiger partial charge in [-0.3, -0.25) is 9.59 Å². The number of halogens is 1. The summed E-state index contributed by atoms with van der Waals surface area (Å²) in [5.41, 5.74) is 1.80. The molecule has 4 N–H and O–H groups in total. The van der Waals surface area contributed by atoms with Gasteiger partial charge in [-0.05, 0) is 97.2 Å². The molecule has 0 saturated carbocycles. The third-order valence-corrected chi connectivity index (χ3v) is 6.24. The molecule has 1 unspecified atom stereocenters. The predicted octanol–water partition coefficient (Wildman–Crippen LogP) is 2.54. The maximum absolute atomic E-state index is 13.1. The molecule has 1 aromatic heterocycles. The Hall–Kier alpha value is -4.09. The fourth-order valence-electron chi connectivity index (χ4n) is 4.14. The number of amides is 2. The van der Waals surface area contributed by atoms with Crippen molar-refractivity contribution >= 4 is 41.1 Å². The van der Waals surface area contributed by atoms with Crippen LogP contribution in [0.2, 0.25) is 5.02 Å². The average Bonchev–Trinajstić information content (AvgIpc) is 3.43. The van der Waals surface area contributed by atoms with Gasteiger partial charge in [0, 0.05) is 22.3 Å². The van der Waals surface area contributed by atoms with Gasteiger partial charge in [-0.25, -0.2) is 4.79 Å². The van der Waals surface area contributed by atoms with Gasteiger partial charge in [0.1, 0.15) is 12.4 Å². The van der Waals surface area contributed by atoms with E-state index in [2.05, 4.69) is 31.5 Å². The molecule has 1 saturated heterocycles. The fraction of sp³-hybridized carbons (Fsp3) is 0.280. The third kappa shape index (κ3) is 7.21. The molecule has 12 heteroatoms. The number of nitrogens with zero attached hydrogens (tertiary/aromatic N) is 4. The van der Waals surface area contributed by atoms with Crippen molar-refractivity contribution in [3.8, 4) is 5.69 Å². The van der Waals surface area contributed by atoms with Crippen molar-refractivity contribution in [2.24, 2.45) is 5.92 Å². The molecular weight excluding hydrogens is 498 g/mol. The lowest BCUT2D eigenvalue weighted by atomic mass is 9.92. The van der Waals surface area contributed by atoms with Crippen LogP contribution < -0.4 is 16.0 Å². The van der Waals surface area contributed by atoms with Crippen LogP contribution in [0.4, 0.5) is 5.69 Å². The Balaban J connectivity index is 1.48. The number of benzene rings is 2. The van der Waals surface area contributed by atoms with Gasteiger partial charge >= 0.3 is 5.97 Å². The van der Waals surface area contributed by atoms with Crippen LogP contribution >= 0.6 is 11.6 Å². The van der Waals surface area contributed by atoms with Gasteiger partial charge in [-0.1, -0.05) is 11.6 Å². The van der Waals surface area contributed by atoms with E-state index in [1.807, 2.05) is 0 Å². The highest BCUT2D eigenvalue weighted by atomic mass is 35.5. The summed E-state index contributed by atoms with van der Waals surface area (Å²) in [6.45, 7) is 1.70. The molecule has 2 heterocycles. The first-order valence-electron chi connectivity index (χ1n) is 11.8. The highest BCUT2D eigenvalue weighted by Crippen LogP contribution is 2.21. The SMILES string of the molecule is O=C(/C=C/c1cc(Cl)ccc1-n1cnnn1)N[C@@H](CC1CCCNC1)C(=O)Nc1ccc(C(=O)O)cc1. The Kier molecular flexibility index (Phi) is 8.60. The third-order valence-electron chi connectivity index (χ3n) is 6.00. The van der Waals surface area contributed by atoms with E-state index in [4.69, 9.17) is 16.7 Å². The summed E-state index contributed by atoms with van der Waals surface area (Å²) in [4.78, 5) is 37.1. The summed E-state index contributed by atoms with van der Waals surface area (Å²) >= 11 is 6.15. The average molecular weight is 524 g/mol. The van der Waals surface area contributed by atoms with Gasteiger partial charge in [0.15, 0.2) is 0 Å². The number of piperidine rings is 1. The summed E-state index contributed by atoms with van der Waals surface area (Å²) in [6, 6.07) is 10.2. The standard InChI is InChI=1S/C25H26ClN7O4/c26-19-6-9-22(33-15-28-31-32-33)18(13-19)5-10-23(34)30-21(12-16-2-1-11-27-14-16)24(35)29-20-7-3-17(4-8-20)25(36)37/h3-10,13,15-16,21,27H,1-2,11-12,14H2,(H,29,35)(H,30,34)(H,36,37)/b10-5+/t16?,21-/m0/s1. The van der Waals surface area contributed by atoms with Crippen molar-refractivity contribution in [2.45, 2.75) is 25.3 Å². The topological polar surface area (TPSA) is 151 Å². The molecule has 2 aromatic carbocycles. The van der Waals surface area contributed by atoms with Crippen molar-refractivity contribution in [3.63, 3.8) is 0 Å². The minimum Gasteiger partial charge on any atom is -0.478 e. The number of carboxylic acids is 1. The van der Waals surface area contributed by atoms with Crippen LogP contribution in [0.25, 0.3) is 11.8 Å². The van der Waals surface area contributed by atoms with Gasteiger partial charge in [-0.2, -0.15) is 4.68 Å². The molecule has 0 radical (unpaired) electrons. The van der Waals surface area contributed by atoms with Gasteiger partial charge in [0.2, 0.25) is 11.8 Å². The molecule has 2 amide bonds. The maximum atomic E-state index is 13.1. The van der Waals surface area contributed by atoms with Crippen molar-refractivity contribution in [1.82, 2.24) is 30.8 Å². The first kappa shape index (κ1) is 26.0. The smallest absolute Gasteiger partial charge is 0.335 e. The van der Waals surface area contributed by atoms with E-state index in [1.54, 1.807) is 24.3 Å². The van der Waals surface area contributed by atoms with E-state index in [9.17, 15) is 14.4 Å². The van der Waals surface area contributed by atoms with E-state index in [0.29, 0.717) is 28.4 Å². The lowest BCUT2D eigenvalue weighted by Crippen LogP contribution is -2.46. The summed E-state index contributed by atoms with van der Waals surface area (Å²) in [7, 11) is 0. The number of hydrogen-bond acceptors (Lipinski definition) is 7. The lowest BCUT2D eigenvalue weighted by molar-refractivity contribution is -0.124. The molecule has 11 nitrogen and oxygen atoms in total. The molecule has 1 aliphatic rings. The number of aromatic carboxylic acids is 1. The van der Waals surface area contributed by atoms with E-state index >= 15 is 0 Å². The molecule has 37 heavy (non-hydrogen) atoms. The molecule has 4 rings (SSSR count). The van der Waals surface area contributed by atoms with Gasteiger partial charge in [0.05, 0.1) is 11.3 Å². The minimum atomic E-state index is -1.05. The first-order chi connectivity index (χ1) is 17.9. The molecule has 192 valence electrons. The fourth-order valence-corrected chi connectivity index (χ4v) is 4.32. The molecule has 2 atom stereocenters. The first-order valence-corrected chi connectivity index (χ1v) is 12.1. The molecule has 0 spiro atoms. The number of tetrazole rings is 1. The van der Waals surface area contributed by atoms with Gasteiger partial charge in [0.25, 0.3) is 0 Å². The van der Waals surface area contributed by atoms with E-state index in [-0.39, 0.29) is 17.4 Å². The zero-order valence-corrected chi connectivity index (χ0v) is 20.6. The molecule has 0 bridgehead atoms. The molecular formula is C25H26ClN7O4. The second kappa shape index (κ2) is 12.2. The lowest BCUT2D eigenvalue weighted by Gasteiger charge is -2.27. The minimum absolute atomic E-state index is 0.114. The Bertz CT molecular complexity index is 1270. The Morgan fingerprint density at radius 2 is 2.03 bits per heavy atom. The zero-order chi connectivity index (χ0) is 26.2. The second-order valence-corrected chi connectivity index (χ2v) is 9.11. The molecule has 3 aromatic rings. The second-order valence-electron chi connectivity index (χ2n) is 8.67. The Labute approximate surface area is 217 Å². The number of nitrogens with one attached hydrogen (secondary N) is 3. The molecule has 0 aliphatic carbocycles. The summed E-state index contributed by atoms with van der Waals surface area (Å²) in [5, 5.41) is 29.6. The molecule has 1 fully saturated rings. The van der Waals surface area contributed by atoms with Crippen LogP contribution in [0.3, 0.4) is 0 Å². The van der Waals surface area contributed by atoms with Crippen molar-refractivity contribution < 1.29 is 19.5 Å². The summed E-state index contributed by atoms with van der Waals surface area (Å²) in [6.07, 6.45) is 6.76. The number of carboxylic acid groups (broad SMARTS) is 1. The van der Waals surface area contributed by atoms with Gasteiger partial charge < -0.3 is 21.1 Å². The number of aromatic nitrogens is 4. The van der Waals surface area contributed by atoms with E-state index in [1.165, 1.54) is 41.4 Å². The predicted molar refractivity (Wildman–Crippen MR) is 137 cm³/mol. The van der Waals surface area contributed by atoms with E-state index in [0.717, 1.165) is 25.9 Å². The van der Waals surface area contributed by atoms with Crippen LogP contribution in [0.1, 0.15) is 35.2 Å². The van der Waals surface area contributed by atoms with Gasteiger partial charge in [-0.15, -0.1) is 5.10 Å². The zero-order valence-electron chi connectivity index (χ0n) is 19.8. The summed E-state index contributed by atoms with van der Waals surface area (Å²) < 4.78 is 1.45. The summed E-state index contributed by atoms with van der Waals surface area (Å²) in [5.74, 6) is -1.66. The van der Waals surface area contributed by atoms with Crippen LogP contribution in [-0.2, 0) is 9.59 Å². The van der Waals surface area contributed by atoms with Crippen LogP contribution in [0.5, 0.6) is 0 Å². The highest BCUT2D eigenvalue weighted by molar-refractivity contribution is 6.30. The Morgan fingerprint density at radius 3 is 2.70 bits per heavy atom. The number of carbonyl (C=O) groups excluding carboxylic acids is 2. The van der Waals surface area contributed by atoms with Crippen molar-refractivity contribution in [3.05, 3.63) is 71.0 Å². The molecule has 1 aliphatic heterocycles. The monoisotopic (exact) mass is 523 g/mol. The maximum Gasteiger partial charge on any atom is 0.335 e.